The number of amides is 3. The number of piperidine rings is 1. The van der Waals surface area contributed by atoms with Gasteiger partial charge in [0.2, 0.25) is 5.91 Å². The molecule has 1 saturated heterocycles. The normalized spacial score (nSPS) is 15.8. The van der Waals surface area contributed by atoms with Crippen molar-refractivity contribution in [2.24, 2.45) is 5.92 Å². The van der Waals surface area contributed by atoms with E-state index in [9.17, 15) is 14.4 Å². The molecule has 164 valence electrons. The van der Waals surface area contributed by atoms with Crippen LogP contribution in [0.3, 0.4) is 0 Å². The first kappa shape index (κ1) is 22.0. The highest BCUT2D eigenvalue weighted by atomic mass is 35.5. The van der Waals surface area contributed by atoms with Gasteiger partial charge in [-0.1, -0.05) is 23.7 Å². The van der Waals surface area contributed by atoms with E-state index >= 15 is 0 Å². The summed E-state index contributed by atoms with van der Waals surface area (Å²) in [4.78, 5) is 40.3. The number of halogens is 1. The van der Waals surface area contributed by atoms with Crippen LogP contribution in [0.15, 0.2) is 66.0 Å². The van der Waals surface area contributed by atoms with Gasteiger partial charge >= 0.3 is 0 Å². The SMILES string of the molecule is O=C(Nc1cccc(NC(=O)C2CCCN(C(=O)c3ccc(Cl)cc3)C2)c1)c1cccs1. The van der Waals surface area contributed by atoms with Gasteiger partial charge in [-0.15, -0.1) is 11.3 Å². The molecule has 2 heterocycles. The van der Waals surface area contributed by atoms with Gasteiger partial charge in [0.05, 0.1) is 10.8 Å². The zero-order chi connectivity index (χ0) is 22.5. The minimum absolute atomic E-state index is 0.0996. The fraction of sp³-hybridized carbons (Fsp3) is 0.208. The summed E-state index contributed by atoms with van der Waals surface area (Å²) in [6.07, 6.45) is 1.47. The number of nitrogens with one attached hydrogen (secondary N) is 2. The first-order valence-corrected chi connectivity index (χ1v) is 11.6. The predicted octanol–water partition coefficient (Wildman–Crippen LogP) is 5.14. The monoisotopic (exact) mass is 467 g/mol. The van der Waals surface area contributed by atoms with Crippen LogP contribution in [0, 0.1) is 5.92 Å². The number of anilines is 2. The van der Waals surface area contributed by atoms with Crippen molar-refractivity contribution in [3.8, 4) is 0 Å². The number of nitrogens with zero attached hydrogens (tertiary/aromatic N) is 1. The van der Waals surface area contributed by atoms with Gasteiger partial charge in [0.25, 0.3) is 11.8 Å². The van der Waals surface area contributed by atoms with E-state index in [2.05, 4.69) is 10.6 Å². The van der Waals surface area contributed by atoms with Crippen molar-refractivity contribution in [3.05, 3.63) is 81.5 Å². The lowest BCUT2D eigenvalue weighted by atomic mass is 9.96. The number of rotatable bonds is 5. The van der Waals surface area contributed by atoms with Crippen molar-refractivity contribution in [3.63, 3.8) is 0 Å². The lowest BCUT2D eigenvalue weighted by Crippen LogP contribution is -2.43. The molecule has 0 saturated carbocycles. The Morgan fingerprint density at radius 2 is 1.72 bits per heavy atom. The summed E-state index contributed by atoms with van der Waals surface area (Å²) >= 11 is 7.27. The van der Waals surface area contributed by atoms with E-state index in [0.717, 1.165) is 6.42 Å². The molecule has 2 aromatic carbocycles. The number of hydrogen-bond donors (Lipinski definition) is 2. The van der Waals surface area contributed by atoms with Crippen molar-refractivity contribution in [2.45, 2.75) is 12.8 Å². The van der Waals surface area contributed by atoms with Crippen molar-refractivity contribution in [1.29, 1.82) is 0 Å². The summed E-state index contributed by atoms with van der Waals surface area (Å²) in [7, 11) is 0. The molecule has 1 aliphatic rings. The summed E-state index contributed by atoms with van der Waals surface area (Å²) in [6, 6.07) is 17.4. The average molecular weight is 468 g/mol. The van der Waals surface area contributed by atoms with Crippen LogP contribution in [0.25, 0.3) is 0 Å². The minimum Gasteiger partial charge on any atom is -0.338 e. The molecule has 3 amide bonds. The number of hydrogen-bond acceptors (Lipinski definition) is 4. The molecular weight excluding hydrogens is 446 g/mol. The molecule has 0 aliphatic carbocycles. The first-order chi connectivity index (χ1) is 15.5. The van der Waals surface area contributed by atoms with E-state index in [1.54, 1.807) is 59.5 Å². The van der Waals surface area contributed by atoms with E-state index in [1.807, 2.05) is 11.4 Å². The molecular formula is C24H22ClN3O3S. The standard InChI is InChI=1S/C24H22ClN3O3S/c25-18-10-8-16(9-11-18)24(31)28-12-2-4-17(15-28)22(29)26-19-5-1-6-20(14-19)27-23(30)21-7-3-13-32-21/h1,3,5-11,13-14,17H,2,4,12,15H2,(H,26,29)(H,27,30). The van der Waals surface area contributed by atoms with Crippen LogP contribution in [0.5, 0.6) is 0 Å². The molecule has 0 bridgehead atoms. The highest BCUT2D eigenvalue weighted by Crippen LogP contribution is 2.23. The molecule has 32 heavy (non-hydrogen) atoms. The van der Waals surface area contributed by atoms with E-state index in [4.69, 9.17) is 11.6 Å². The molecule has 1 unspecified atom stereocenters. The number of benzene rings is 2. The smallest absolute Gasteiger partial charge is 0.265 e. The first-order valence-electron chi connectivity index (χ1n) is 10.3. The second-order valence-electron chi connectivity index (χ2n) is 7.60. The molecule has 0 radical (unpaired) electrons. The second kappa shape index (κ2) is 9.97. The Balaban J connectivity index is 1.37. The van der Waals surface area contributed by atoms with Crippen LogP contribution in [-0.2, 0) is 4.79 Å². The van der Waals surface area contributed by atoms with Crippen molar-refractivity contribution in [1.82, 2.24) is 4.90 Å². The van der Waals surface area contributed by atoms with Crippen LogP contribution in [0.1, 0.15) is 32.9 Å². The number of thiophene rings is 1. The van der Waals surface area contributed by atoms with E-state index in [0.29, 0.717) is 46.3 Å². The summed E-state index contributed by atoms with van der Waals surface area (Å²) in [5.74, 6) is -0.728. The number of likely N-dealkylation sites (tertiary alicyclic amines) is 1. The molecule has 8 heteroatoms. The van der Waals surface area contributed by atoms with Crippen molar-refractivity contribution >= 4 is 52.0 Å². The summed E-state index contributed by atoms with van der Waals surface area (Å²) in [5.41, 5.74) is 1.76. The van der Waals surface area contributed by atoms with Gasteiger partial charge in [0.15, 0.2) is 0 Å². The van der Waals surface area contributed by atoms with Gasteiger partial charge < -0.3 is 15.5 Å². The largest absolute Gasteiger partial charge is 0.338 e. The third-order valence-corrected chi connectivity index (χ3v) is 6.42. The summed E-state index contributed by atoms with van der Waals surface area (Å²) in [6.45, 7) is 0.984. The topological polar surface area (TPSA) is 78.5 Å². The molecule has 6 nitrogen and oxygen atoms in total. The minimum atomic E-state index is -0.302. The Labute approximate surface area is 195 Å². The van der Waals surface area contributed by atoms with E-state index in [1.165, 1.54) is 11.3 Å². The number of carbonyl (C=O) groups excluding carboxylic acids is 3. The van der Waals surface area contributed by atoms with Crippen LogP contribution < -0.4 is 10.6 Å². The predicted molar refractivity (Wildman–Crippen MR) is 127 cm³/mol. The lowest BCUT2D eigenvalue weighted by molar-refractivity contribution is -0.121. The van der Waals surface area contributed by atoms with Gasteiger partial charge in [-0.25, -0.2) is 0 Å². The fourth-order valence-electron chi connectivity index (χ4n) is 3.67. The Kier molecular flexibility index (Phi) is 6.87. The van der Waals surface area contributed by atoms with Gasteiger partial charge in [0.1, 0.15) is 0 Å². The molecule has 3 aromatic rings. The average Bonchev–Trinajstić information content (AvgIpc) is 3.35. The lowest BCUT2D eigenvalue weighted by Gasteiger charge is -2.32. The van der Waals surface area contributed by atoms with Crippen LogP contribution in [-0.4, -0.2) is 35.7 Å². The Morgan fingerprint density at radius 3 is 2.44 bits per heavy atom. The number of carbonyl (C=O) groups is 3. The maximum Gasteiger partial charge on any atom is 0.265 e. The van der Waals surface area contributed by atoms with Gasteiger partial charge in [-0.2, -0.15) is 0 Å². The van der Waals surface area contributed by atoms with E-state index < -0.39 is 0 Å². The highest BCUT2D eigenvalue weighted by molar-refractivity contribution is 7.12. The Morgan fingerprint density at radius 1 is 0.969 bits per heavy atom. The molecule has 2 N–H and O–H groups in total. The molecule has 1 atom stereocenters. The summed E-state index contributed by atoms with van der Waals surface area (Å²) in [5, 5.41) is 8.18. The van der Waals surface area contributed by atoms with Crippen molar-refractivity contribution in [2.75, 3.05) is 23.7 Å². The zero-order valence-corrected chi connectivity index (χ0v) is 18.8. The Hall–Kier alpha value is -3.16. The van der Waals surface area contributed by atoms with Crippen LogP contribution in [0.4, 0.5) is 11.4 Å². The van der Waals surface area contributed by atoms with Crippen LogP contribution in [0.2, 0.25) is 5.02 Å². The summed E-state index contributed by atoms with van der Waals surface area (Å²) < 4.78 is 0. The third kappa shape index (κ3) is 5.36. The molecule has 1 aromatic heterocycles. The molecule has 1 fully saturated rings. The maximum absolute atomic E-state index is 12.9. The zero-order valence-electron chi connectivity index (χ0n) is 17.2. The third-order valence-electron chi connectivity index (χ3n) is 5.30. The van der Waals surface area contributed by atoms with Gasteiger partial charge in [-0.05, 0) is 66.8 Å². The van der Waals surface area contributed by atoms with Gasteiger partial charge in [0, 0.05) is 35.1 Å². The van der Waals surface area contributed by atoms with Crippen molar-refractivity contribution < 1.29 is 14.4 Å². The maximum atomic E-state index is 12.9. The fourth-order valence-corrected chi connectivity index (χ4v) is 4.42. The molecule has 4 rings (SSSR count). The highest BCUT2D eigenvalue weighted by Gasteiger charge is 2.29. The molecule has 1 aliphatic heterocycles. The van der Waals surface area contributed by atoms with Crippen LogP contribution >= 0.6 is 22.9 Å². The Bertz CT molecular complexity index is 1120. The van der Waals surface area contributed by atoms with E-state index in [-0.39, 0.29) is 23.6 Å². The molecule has 0 spiro atoms. The second-order valence-corrected chi connectivity index (χ2v) is 8.98. The van der Waals surface area contributed by atoms with Gasteiger partial charge in [-0.3, -0.25) is 14.4 Å². The quantitative estimate of drug-likeness (QED) is 0.545.